The van der Waals surface area contributed by atoms with Crippen molar-refractivity contribution < 1.29 is 4.74 Å². The van der Waals surface area contributed by atoms with Crippen LogP contribution in [-0.2, 0) is 6.54 Å². The summed E-state index contributed by atoms with van der Waals surface area (Å²) in [6.45, 7) is 0.463. The number of rotatable bonds is 3. The van der Waals surface area contributed by atoms with Crippen molar-refractivity contribution in [2.24, 2.45) is 0 Å². The Labute approximate surface area is 103 Å². The maximum atomic E-state index is 11.6. The van der Waals surface area contributed by atoms with Gasteiger partial charge in [-0.05, 0) is 17.7 Å². The minimum Gasteiger partial charge on any atom is -0.497 e. The predicted molar refractivity (Wildman–Crippen MR) is 65.6 cm³/mol. The van der Waals surface area contributed by atoms with Crippen molar-refractivity contribution in [3.05, 3.63) is 57.7 Å². The molecule has 1 heterocycles. The molecule has 0 aliphatic carbocycles. The third-order valence-electron chi connectivity index (χ3n) is 2.38. The summed E-state index contributed by atoms with van der Waals surface area (Å²) in [4.78, 5) is 15.4. The van der Waals surface area contributed by atoms with Gasteiger partial charge in [-0.1, -0.05) is 23.7 Å². The van der Waals surface area contributed by atoms with Crippen LogP contribution in [0.15, 0.2) is 41.5 Å². The molecule has 0 fully saturated rings. The van der Waals surface area contributed by atoms with Crippen LogP contribution in [0.4, 0.5) is 0 Å². The van der Waals surface area contributed by atoms with Gasteiger partial charge in [0.2, 0.25) is 0 Å². The highest BCUT2D eigenvalue weighted by atomic mass is 35.5. The molecule has 0 amide bonds. The molecular formula is C12H11ClN2O2. The van der Waals surface area contributed by atoms with E-state index in [1.165, 1.54) is 10.8 Å². The van der Waals surface area contributed by atoms with Crippen molar-refractivity contribution in [2.45, 2.75) is 6.54 Å². The first kappa shape index (κ1) is 11.7. The summed E-state index contributed by atoms with van der Waals surface area (Å²) >= 11 is 5.66. The number of methoxy groups -OCH3 is 1. The van der Waals surface area contributed by atoms with Gasteiger partial charge >= 0.3 is 0 Å². The highest BCUT2D eigenvalue weighted by Gasteiger charge is 2.02. The second kappa shape index (κ2) is 5.01. The summed E-state index contributed by atoms with van der Waals surface area (Å²) in [5.74, 6) is 0.786. The van der Waals surface area contributed by atoms with Crippen LogP contribution < -0.4 is 10.3 Å². The molecule has 4 nitrogen and oxygen atoms in total. The fraction of sp³-hybridized carbons (Fsp3) is 0.167. The van der Waals surface area contributed by atoms with E-state index in [0.717, 1.165) is 11.3 Å². The number of ether oxygens (including phenoxy) is 1. The van der Waals surface area contributed by atoms with E-state index in [2.05, 4.69) is 4.98 Å². The van der Waals surface area contributed by atoms with Gasteiger partial charge in [-0.2, -0.15) is 0 Å². The third-order valence-corrected chi connectivity index (χ3v) is 2.64. The Bertz CT molecular complexity index is 563. The Kier molecular flexibility index (Phi) is 3.44. The van der Waals surface area contributed by atoms with E-state index in [4.69, 9.17) is 16.3 Å². The highest BCUT2D eigenvalue weighted by Crippen LogP contribution is 2.11. The fourth-order valence-corrected chi connectivity index (χ4v) is 1.64. The first-order valence-corrected chi connectivity index (χ1v) is 5.42. The number of aromatic nitrogens is 2. The molecule has 1 aromatic carbocycles. The Morgan fingerprint density at radius 1 is 1.35 bits per heavy atom. The number of nitrogens with zero attached hydrogens (tertiary/aromatic N) is 2. The van der Waals surface area contributed by atoms with Crippen LogP contribution in [0.1, 0.15) is 5.56 Å². The van der Waals surface area contributed by atoms with E-state index in [0.29, 0.717) is 6.54 Å². The summed E-state index contributed by atoms with van der Waals surface area (Å²) in [5.41, 5.74) is 0.708. The highest BCUT2D eigenvalue weighted by molar-refractivity contribution is 6.29. The van der Waals surface area contributed by atoms with E-state index < -0.39 is 0 Å². The molecule has 5 heteroatoms. The molecule has 0 spiro atoms. The maximum Gasteiger partial charge on any atom is 0.288 e. The fourth-order valence-electron chi connectivity index (χ4n) is 1.47. The minimum absolute atomic E-state index is 0.0130. The van der Waals surface area contributed by atoms with E-state index in [1.807, 2.05) is 24.3 Å². The molecule has 0 saturated carbocycles. The van der Waals surface area contributed by atoms with Crippen LogP contribution in [0, 0.1) is 0 Å². The number of hydrogen-bond donors (Lipinski definition) is 0. The first-order valence-electron chi connectivity index (χ1n) is 5.04. The monoisotopic (exact) mass is 250 g/mol. The standard InChI is InChI=1S/C12H11ClN2O2/c1-17-10-4-2-9(3-5-10)8-15-7-6-14-11(13)12(15)16/h2-7H,8H2,1H3. The molecule has 0 aliphatic rings. The van der Waals surface area contributed by atoms with Gasteiger partial charge in [0.25, 0.3) is 5.56 Å². The van der Waals surface area contributed by atoms with Gasteiger partial charge in [-0.15, -0.1) is 0 Å². The first-order chi connectivity index (χ1) is 8.20. The van der Waals surface area contributed by atoms with Gasteiger partial charge in [-0.25, -0.2) is 4.98 Å². The average Bonchev–Trinajstić information content (AvgIpc) is 2.36. The number of benzene rings is 1. The second-order valence-corrected chi connectivity index (χ2v) is 3.86. The molecule has 0 unspecified atom stereocenters. The van der Waals surface area contributed by atoms with Crippen molar-refractivity contribution in [1.29, 1.82) is 0 Å². The molecule has 0 saturated heterocycles. The zero-order chi connectivity index (χ0) is 12.3. The normalized spacial score (nSPS) is 10.2. The number of hydrogen-bond acceptors (Lipinski definition) is 3. The van der Waals surface area contributed by atoms with Gasteiger partial charge in [0, 0.05) is 12.4 Å². The molecule has 17 heavy (non-hydrogen) atoms. The lowest BCUT2D eigenvalue weighted by molar-refractivity contribution is 0.414. The summed E-state index contributed by atoms with van der Waals surface area (Å²) in [6.07, 6.45) is 3.12. The van der Waals surface area contributed by atoms with Gasteiger partial charge in [0.1, 0.15) is 5.75 Å². The Balaban J connectivity index is 2.25. The summed E-state index contributed by atoms with van der Waals surface area (Å²) in [6, 6.07) is 7.51. The Morgan fingerprint density at radius 2 is 2.06 bits per heavy atom. The SMILES string of the molecule is COc1ccc(Cn2ccnc(Cl)c2=O)cc1. The summed E-state index contributed by atoms with van der Waals surface area (Å²) in [7, 11) is 1.61. The van der Waals surface area contributed by atoms with Crippen LogP contribution in [0.2, 0.25) is 5.15 Å². The summed E-state index contributed by atoms with van der Waals surface area (Å²) < 4.78 is 6.57. The third kappa shape index (κ3) is 2.65. The lowest BCUT2D eigenvalue weighted by atomic mass is 10.2. The molecule has 2 rings (SSSR count). The Morgan fingerprint density at radius 3 is 2.71 bits per heavy atom. The smallest absolute Gasteiger partial charge is 0.288 e. The van der Waals surface area contributed by atoms with Gasteiger partial charge in [0.15, 0.2) is 5.15 Å². The zero-order valence-electron chi connectivity index (χ0n) is 9.26. The molecule has 2 aromatic rings. The molecule has 88 valence electrons. The van der Waals surface area contributed by atoms with Crippen molar-refractivity contribution in [1.82, 2.24) is 9.55 Å². The van der Waals surface area contributed by atoms with Crippen LogP contribution in [0.3, 0.4) is 0 Å². The lowest BCUT2D eigenvalue weighted by Crippen LogP contribution is -2.21. The van der Waals surface area contributed by atoms with E-state index in [9.17, 15) is 4.79 Å². The van der Waals surface area contributed by atoms with Crippen LogP contribution in [-0.4, -0.2) is 16.7 Å². The van der Waals surface area contributed by atoms with Gasteiger partial charge in [0.05, 0.1) is 13.7 Å². The minimum atomic E-state index is -0.287. The van der Waals surface area contributed by atoms with Gasteiger partial charge < -0.3 is 9.30 Å². The quantitative estimate of drug-likeness (QED) is 0.836. The van der Waals surface area contributed by atoms with Crippen molar-refractivity contribution >= 4 is 11.6 Å². The predicted octanol–water partition coefficient (Wildman–Crippen LogP) is 1.95. The summed E-state index contributed by atoms with van der Waals surface area (Å²) in [5, 5.41) is -0.0130. The van der Waals surface area contributed by atoms with E-state index in [1.54, 1.807) is 13.3 Å². The van der Waals surface area contributed by atoms with Crippen LogP contribution in [0.25, 0.3) is 0 Å². The molecule has 0 aliphatic heterocycles. The van der Waals surface area contributed by atoms with Crippen molar-refractivity contribution in [3.8, 4) is 5.75 Å². The maximum absolute atomic E-state index is 11.6. The van der Waals surface area contributed by atoms with Gasteiger partial charge in [-0.3, -0.25) is 4.79 Å². The van der Waals surface area contributed by atoms with Crippen molar-refractivity contribution in [2.75, 3.05) is 7.11 Å². The van der Waals surface area contributed by atoms with Crippen molar-refractivity contribution in [3.63, 3.8) is 0 Å². The number of halogens is 1. The van der Waals surface area contributed by atoms with E-state index in [-0.39, 0.29) is 10.7 Å². The largest absolute Gasteiger partial charge is 0.497 e. The topological polar surface area (TPSA) is 44.1 Å². The zero-order valence-corrected chi connectivity index (χ0v) is 10.0. The second-order valence-electron chi connectivity index (χ2n) is 3.50. The molecule has 0 bridgehead atoms. The molecule has 1 aromatic heterocycles. The molecular weight excluding hydrogens is 240 g/mol. The van der Waals surface area contributed by atoms with E-state index >= 15 is 0 Å². The average molecular weight is 251 g/mol. The molecule has 0 N–H and O–H groups in total. The molecule has 0 radical (unpaired) electrons. The van der Waals surface area contributed by atoms with Crippen LogP contribution in [0.5, 0.6) is 5.75 Å². The van der Waals surface area contributed by atoms with Crippen LogP contribution >= 0.6 is 11.6 Å². The molecule has 0 atom stereocenters. The lowest BCUT2D eigenvalue weighted by Gasteiger charge is -2.06. The Hall–Kier alpha value is -1.81.